The summed E-state index contributed by atoms with van der Waals surface area (Å²) < 4.78 is 34.2. The first-order valence-corrected chi connectivity index (χ1v) is 8.96. The molecule has 1 aromatic carbocycles. The van der Waals surface area contributed by atoms with Crippen LogP contribution in [0.25, 0.3) is 0 Å². The number of rotatable bonds is 4. The largest absolute Gasteiger partial charge is 0.497 e. The second-order valence-electron chi connectivity index (χ2n) is 5.60. The summed E-state index contributed by atoms with van der Waals surface area (Å²) in [5.74, 6) is 1.40. The van der Waals surface area contributed by atoms with Crippen LogP contribution in [0.4, 0.5) is 0 Å². The Hall–Kier alpha value is -1.93. The van der Waals surface area contributed by atoms with E-state index in [1.807, 2.05) is 11.5 Å². The van der Waals surface area contributed by atoms with Gasteiger partial charge in [-0.25, -0.2) is 8.42 Å². The van der Waals surface area contributed by atoms with E-state index in [2.05, 4.69) is 10.2 Å². The first-order valence-electron chi connectivity index (χ1n) is 7.52. The summed E-state index contributed by atoms with van der Waals surface area (Å²) in [6, 6.07) is 6.85. The Labute approximate surface area is 135 Å². The van der Waals surface area contributed by atoms with Gasteiger partial charge >= 0.3 is 0 Å². The van der Waals surface area contributed by atoms with Crippen LogP contribution < -0.4 is 4.74 Å². The van der Waals surface area contributed by atoms with E-state index in [9.17, 15) is 8.42 Å². The standard InChI is InChI=1S/C15H20N4O3S/c1-12-17-16-11-19(12)13-6-8-18(9-7-13)23(20,21)15-5-3-4-14(10-15)22-2/h3-5,10-11,13H,6-9H2,1-2H3. The van der Waals surface area contributed by atoms with E-state index in [0.717, 1.165) is 18.7 Å². The Balaban J connectivity index is 1.74. The molecule has 2 aromatic rings. The van der Waals surface area contributed by atoms with E-state index < -0.39 is 10.0 Å². The maximum Gasteiger partial charge on any atom is 0.243 e. The number of sulfonamides is 1. The van der Waals surface area contributed by atoms with E-state index >= 15 is 0 Å². The van der Waals surface area contributed by atoms with Gasteiger partial charge in [-0.2, -0.15) is 4.31 Å². The van der Waals surface area contributed by atoms with Crippen molar-refractivity contribution in [1.82, 2.24) is 19.1 Å². The third-order valence-corrected chi connectivity index (χ3v) is 6.14. The molecular formula is C15H20N4O3S. The van der Waals surface area contributed by atoms with Crippen LogP contribution in [0.5, 0.6) is 5.75 Å². The van der Waals surface area contributed by atoms with Gasteiger partial charge in [0.05, 0.1) is 12.0 Å². The van der Waals surface area contributed by atoms with Crippen molar-refractivity contribution in [2.24, 2.45) is 0 Å². The molecule has 2 heterocycles. The van der Waals surface area contributed by atoms with E-state index in [1.54, 1.807) is 30.6 Å². The molecule has 1 fully saturated rings. The molecule has 124 valence electrons. The average Bonchev–Trinajstić information content (AvgIpc) is 3.01. The zero-order valence-electron chi connectivity index (χ0n) is 13.2. The highest BCUT2D eigenvalue weighted by Gasteiger charge is 2.30. The van der Waals surface area contributed by atoms with Crippen molar-refractivity contribution in [2.45, 2.75) is 30.7 Å². The third-order valence-electron chi connectivity index (χ3n) is 4.25. The summed E-state index contributed by atoms with van der Waals surface area (Å²) in [6.45, 7) is 2.88. The highest BCUT2D eigenvalue weighted by molar-refractivity contribution is 7.89. The zero-order valence-corrected chi connectivity index (χ0v) is 14.0. The molecule has 23 heavy (non-hydrogen) atoms. The normalized spacial score (nSPS) is 17.3. The first kappa shape index (κ1) is 15.9. The number of aromatic nitrogens is 3. The Bertz CT molecular complexity index is 780. The highest BCUT2D eigenvalue weighted by atomic mass is 32.2. The van der Waals surface area contributed by atoms with Crippen LogP contribution in [-0.4, -0.2) is 47.7 Å². The van der Waals surface area contributed by atoms with Crippen molar-refractivity contribution in [3.05, 3.63) is 36.4 Å². The first-order chi connectivity index (χ1) is 11.0. The molecule has 0 bridgehead atoms. The molecule has 1 aliphatic heterocycles. The molecule has 0 amide bonds. The Morgan fingerprint density at radius 2 is 2.00 bits per heavy atom. The Kier molecular flexibility index (Phi) is 4.36. The van der Waals surface area contributed by atoms with Crippen LogP contribution in [0, 0.1) is 6.92 Å². The van der Waals surface area contributed by atoms with Gasteiger partial charge in [-0.15, -0.1) is 10.2 Å². The lowest BCUT2D eigenvalue weighted by Crippen LogP contribution is -2.39. The fourth-order valence-electron chi connectivity index (χ4n) is 2.93. The smallest absolute Gasteiger partial charge is 0.243 e. The molecule has 7 nitrogen and oxygen atoms in total. The number of benzene rings is 1. The molecule has 0 radical (unpaired) electrons. The molecule has 0 unspecified atom stereocenters. The number of aryl methyl sites for hydroxylation is 1. The summed E-state index contributed by atoms with van der Waals surface area (Å²) in [5.41, 5.74) is 0. The zero-order chi connectivity index (χ0) is 16.4. The lowest BCUT2D eigenvalue weighted by atomic mass is 10.1. The second-order valence-corrected chi connectivity index (χ2v) is 7.54. The SMILES string of the molecule is COc1cccc(S(=O)(=O)N2CCC(n3cnnc3C)CC2)c1. The Morgan fingerprint density at radius 3 is 2.61 bits per heavy atom. The van der Waals surface area contributed by atoms with Gasteiger partial charge < -0.3 is 9.30 Å². The van der Waals surface area contributed by atoms with Crippen molar-refractivity contribution in [3.8, 4) is 5.75 Å². The monoisotopic (exact) mass is 336 g/mol. The van der Waals surface area contributed by atoms with Gasteiger partial charge in [0.2, 0.25) is 10.0 Å². The summed E-state index contributed by atoms with van der Waals surface area (Å²) in [6.07, 6.45) is 3.22. The highest BCUT2D eigenvalue weighted by Crippen LogP contribution is 2.28. The van der Waals surface area contributed by atoms with E-state index in [4.69, 9.17) is 4.74 Å². The second kappa shape index (κ2) is 6.29. The van der Waals surface area contributed by atoms with Crippen molar-refractivity contribution in [2.75, 3.05) is 20.2 Å². The van der Waals surface area contributed by atoms with Crippen molar-refractivity contribution in [3.63, 3.8) is 0 Å². The maximum absolute atomic E-state index is 12.8. The fraction of sp³-hybridized carbons (Fsp3) is 0.467. The number of hydrogen-bond donors (Lipinski definition) is 0. The molecule has 3 rings (SSSR count). The van der Waals surface area contributed by atoms with Gasteiger partial charge in [-0.3, -0.25) is 0 Å². The van der Waals surface area contributed by atoms with Gasteiger partial charge in [0.1, 0.15) is 17.9 Å². The van der Waals surface area contributed by atoms with Crippen LogP contribution in [0.1, 0.15) is 24.7 Å². The molecule has 0 aliphatic carbocycles. The predicted molar refractivity (Wildman–Crippen MR) is 84.8 cm³/mol. The third kappa shape index (κ3) is 3.09. The molecule has 0 atom stereocenters. The molecule has 0 saturated carbocycles. The lowest BCUT2D eigenvalue weighted by molar-refractivity contribution is 0.271. The molecule has 0 N–H and O–H groups in total. The Morgan fingerprint density at radius 1 is 1.26 bits per heavy atom. The minimum Gasteiger partial charge on any atom is -0.497 e. The van der Waals surface area contributed by atoms with Gasteiger partial charge in [0, 0.05) is 25.2 Å². The van der Waals surface area contributed by atoms with E-state index in [-0.39, 0.29) is 10.9 Å². The minimum absolute atomic E-state index is 0.252. The number of methoxy groups -OCH3 is 1. The van der Waals surface area contributed by atoms with E-state index in [1.165, 1.54) is 11.4 Å². The van der Waals surface area contributed by atoms with Crippen LogP contribution in [0.15, 0.2) is 35.5 Å². The predicted octanol–water partition coefficient (Wildman–Crippen LogP) is 1.62. The van der Waals surface area contributed by atoms with Crippen LogP contribution >= 0.6 is 0 Å². The van der Waals surface area contributed by atoms with Crippen LogP contribution in [0.3, 0.4) is 0 Å². The maximum atomic E-state index is 12.8. The molecule has 1 saturated heterocycles. The van der Waals surface area contributed by atoms with Crippen LogP contribution in [0.2, 0.25) is 0 Å². The number of hydrogen-bond acceptors (Lipinski definition) is 5. The van der Waals surface area contributed by atoms with Crippen molar-refractivity contribution in [1.29, 1.82) is 0 Å². The minimum atomic E-state index is -3.48. The average molecular weight is 336 g/mol. The molecule has 1 aromatic heterocycles. The molecular weight excluding hydrogens is 316 g/mol. The van der Waals surface area contributed by atoms with Crippen molar-refractivity contribution >= 4 is 10.0 Å². The lowest BCUT2D eigenvalue weighted by Gasteiger charge is -2.32. The number of nitrogens with zero attached hydrogens (tertiary/aromatic N) is 4. The topological polar surface area (TPSA) is 77.3 Å². The van der Waals surface area contributed by atoms with Crippen molar-refractivity contribution < 1.29 is 13.2 Å². The summed E-state index contributed by atoms with van der Waals surface area (Å²) in [4.78, 5) is 0.274. The quantitative estimate of drug-likeness (QED) is 0.848. The molecule has 1 aliphatic rings. The summed E-state index contributed by atoms with van der Waals surface area (Å²) in [5, 5.41) is 7.89. The van der Waals surface area contributed by atoms with Gasteiger partial charge in [0.15, 0.2) is 0 Å². The van der Waals surface area contributed by atoms with Gasteiger partial charge in [-0.05, 0) is 31.9 Å². The van der Waals surface area contributed by atoms with Gasteiger partial charge in [0.25, 0.3) is 0 Å². The summed E-state index contributed by atoms with van der Waals surface area (Å²) >= 11 is 0. The number of piperidine rings is 1. The summed E-state index contributed by atoms with van der Waals surface area (Å²) in [7, 11) is -1.96. The van der Waals surface area contributed by atoms with Crippen LogP contribution in [-0.2, 0) is 10.0 Å². The number of ether oxygens (including phenoxy) is 1. The van der Waals surface area contributed by atoms with E-state index in [0.29, 0.717) is 18.8 Å². The fourth-order valence-corrected chi connectivity index (χ4v) is 4.44. The van der Waals surface area contributed by atoms with Gasteiger partial charge in [-0.1, -0.05) is 6.07 Å². The molecule has 0 spiro atoms. The molecule has 8 heteroatoms.